The Hall–Kier alpha value is -3.61. The summed E-state index contributed by atoms with van der Waals surface area (Å²) in [5, 5.41) is 11.7. The van der Waals surface area contributed by atoms with Gasteiger partial charge in [0.2, 0.25) is 5.91 Å². The third kappa shape index (κ3) is 5.08. The molecule has 0 spiro atoms. The lowest BCUT2D eigenvalue weighted by Gasteiger charge is -2.28. The number of alkyl carbamates (subject to hydrolysis) is 1. The number of benzene rings is 2. The summed E-state index contributed by atoms with van der Waals surface area (Å²) in [4.78, 5) is 37.4. The van der Waals surface area contributed by atoms with E-state index in [2.05, 4.69) is 29.6 Å². The molecule has 33 heavy (non-hydrogen) atoms. The van der Waals surface area contributed by atoms with E-state index in [9.17, 15) is 14.4 Å². The van der Waals surface area contributed by atoms with Gasteiger partial charge in [-0.2, -0.15) is 0 Å². The maximum absolute atomic E-state index is 12.6. The molecule has 2 aliphatic carbocycles. The van der Waals surface area contributed by atoms with Gasteiger partial charge in [-0.05, 0) is 35.1 Å². The highest BCUT2D eigenvalue weighted by Crippen LogP contribution is 2.44. The number of amides is 2. The Labute approximate surface area is 193 Å². The summed E-state index contributed by atoms with van der Waals surface area (Å²) < 4.78 is 5.61. The Bertz CT molecular complexity index is 1030. The van der Waals surface area contributed by atoms with E-state index in [-0.39, 0.29) is 43.4 Å². The summed E-state index contributed by atoms with van der Waals surface area (Å²) in [7, 11) is 1.61. The summed E-state index contributed by atoms with van der Waals surface area (Å²) in [5.41, 5.74) is 4.65. The van der Waals surface area contributed by atoms with Crippen LogP contribution < -0.4 is 5.32 Å². The number of fused-ring (bicyclic) bond motifs is 3. The van der Waals surface area contributed by atoms with Gasteiger partial charge in [0, 0.05) is 25.4 Å². The summed E-state index contributed by atoms with van der Waals surface area (Å²) in [6.07, 6.45) is 4.18. The summed E-state index contributed by atoms with van der Waals surface area (Å²) in [6, 6.07) is 16.0. The molecule has 0 aromatic heterocycles. The molecule has 172 valence electrons. The highest BCUT2D eigenvalue weighted by atomic mass is 16.5. The van der Waals surface area contributed by atoms with Crippen molar-refractivity contribution in [2.24, 2.45) is 5.92 Å². The van der Waals surface area contributed by atoms with Crippen molar-refractivity contribution in [2.75, 3.05) is 20.2 Å². The van der Waals surface area contributed by atoms with Crippen LogP contribution in [-0.4, -0.2) is 54.2 Å². The minimum Gasteiger partial charge on any atom is -0.481 e. The minimum absolute atomic E-state index is 0.0118. The van der Waals surface area contributed by atoms with Gasteiger partial charge in [-0.15, -0.1) is 0 Å². The van der Waals surface area contributed by atoms with Crippen LogP contribution in [0.1, 0.15) is 36.3 Å². The zero-order valence-corrected chi connectivity index (χ0v) is 18.6. The number of nitrogens with one attached hydrogen (secondary N) is 1. The molecule has 0 fully saturated rings. The Kier molecular flexibility index (Phi) is 6.77. The van der Waals surface area contributed by atoms with Crippen LogP contribution in [0.25, 0.3) is 11.1 Å². The van der Waals surface area contributed by atoms with Crippen molar-refractivity contribution in [1.82, 2.24) is 10.2 Å². The van der Waals surface area contributed by atoms with Crippen LogP contribution in [0, 0.1) is 5.92 Å². The first kappa shape index (κ1) is 22.6. The number of allylic oxidation sites excluding steroid dienone is 1. The molecule has 2 amide bonds. The SMILES string of the molecule is CN(CCC(=O)O)C(=O)C1CC=CC(NC(=O)OCC2c3ccccc3-c3ccccc32)C1. The van der Waals surface area contributed by atoms with Gasteiger partial charge in [0.15, 0.2) is 0 Å². The fourth-order valence-corrected chi connectivity index (χ4v) is 4.67. The fraction of sp³-hybridized carbons (Fsp3) is 0.346. The molecule has 0 aliphatic heterocycles. The van der Waals surface area contributed by atoms with Crippen LogP contribution in [0.15, 0.2) is 60.7 Å². The second kappa shape index (κ2) is 9.90. The van der Waals surface area contributed by atoms with E-state index in [0.29, 0.717) is 12.8 Å². The molecule has 0 saturated heterocycles. The van der Waals surface area contributed by atoms with Gasteiger partial charge in [0.05, 0.1) is 12.5 Å². The largest absolute Gasteiger partial charge is 0.481 e. The lowest BCUT2D eigenvalue weighted by atomic mass is 9.90. The van der Waals surface area contributed by atoms with Gasteiger partial charge >= 0.3 is 12.1 Å². The maximum Gasteiger partial charge on any atom is 0.407 e. The second-order valence-electron chi connectivity index (χ2n) is 8.58. The van der Waals surface area contributed by atoms with Crippen LogP contribution in [-0.2, 0) is 14.3 Å². The number of carbonyl (C=O) groups excluding carboxylic acids is 2. The normalized spacial score (nSPS) is 18.8. The Morgan fingerprint density at radius 3 is 2.33 bits per heavy atom. The van der Waals surface area contributed by atoms with Crippen LogP contribution >= 0.6 is 0 Å². The predicted octanol–water partition coefficient (Wildman–Crippen LogP) is 3.79. The van der Waals surface area contributed by atoms with Crippen molar-refractivity contribution in [3.8, 4) is 11.1 Å². The molecule has 7 nitrogen and oxygen atoms in total. The topological polar surface area (TPSA) is 95.9 Å². The third-order valence-corrected chi connectivity index (χ3v) is 6.36. The quantitative estimate of drug-likeness (QED) is 0.629. The summed E-state index contributed by atoms with van der Waals surface area (Å²) in [6.45, 7) is 0.398. The second-order valence-corrected chi connectivity index (χ2v) is 8.58. The number of carboxylic acids is 1. The number of rotatable bonds is 7. The molecule has 2 unspecified atom stereocenters. The van der Waals surface area contributed by atoms with Gasteiger partial charge in [0.25, 0.3) is 0 Å². The Morgan fingerprint density at radius 1 is 1.06 bits per heavy atom. The van der Waals surface area contributed by atoms with Gasteiger partial charge in [-0.1, -0.05) is 60.7 Å². The van der Waals surface area contributed by atoms with Crippen LogP contribution in [0.2, 0.25) is 0 Å². The van der Waals surface area contributed by atoms with E-state index < -0.39 is 12.1 Å². The van der Waals surface area contributed by atoms with Crippen LogP contribution in [0.5, 0.6) is 0 Å². The van der Waals surface area contributed by atoms with E-state index in [1.165, 1.54) is 16.0 Å². The van der Waals surface area contributed by atoms with Crippen molar-refractivity contribution in [2.45, 2.75) is 31.2 Å². The number of aliphatic carboxylic acids is 1. The lowest BCUT2D eigenvalue weighted by molar-refractivity contribution is -0.139. The van der Waals surface area contributed by atoms with E-state index in [1.54, 1.807) is 7.05 Å². The fourth-order valence-electron chi connectivity index (χ4n) is 4.67. The average Bonchev–Trinajstić information content (AvgIpc) is 3.14. The summed E-state index contributed by atoms with van der Waals surface area (Å²) in [5.74, 6) is -1.36. The smallest absolute Gasteiger partial charge is 0.407 e. The highest BCUT2D eigenvalue weighted by Gasteiger charge is 2.30. The van der Waals surface area contributed by atoms with E-state index in [4.69, 9.17) is 9.84 Å². The molecule has 2 N–H and O–H groups in total. The van der Waals surface area contributed by atoms with Crippen molar-refractivity contribution in [3.05, 3.63) is 71.8 Å². The van der Waals surface area contributed by atoms with Crippen molar-refractivity contribution < 1.29 is 24.2 Å². The zero-order valence-electron chi connectivity index (χ0n) is 18.6. The first-order valence-electron chi connectivity index (χ1n) is 11.2. The van der Waals surface area contributed by atoms with Crippen molar-refractivity contribution in [3.63, 3.8) is 0 Å². The van der Waals surface area contributed by atoms with Crippen molar-refractivity contribution >= 4 is 18.0 Å². The first-order chi connectivity index (χ1) is 15.9. The number of nitrogens with zero attached hydrogens (tertiary/aromatic N) is 1. The van der Waals surface area contributed by atoms with Crippen LogP contribution in [0.4, 0.5) is 4.79 Å². The van der Waals surface area contributed by atoms with Crippen molar-refractivity contribution in [1.29, 1.82) is 0 Å². The van der Waals surface area contributed by atoms with E-state index >= 15 is 0 Å². The Morgan fingerprint density at radius 2 is 1.70 bits per heavy atom. The molecule has 2 atom stereocenters. The molecular formula is C26H28N2O5. The molecule has 7 heteroatoms. The predicted molar refractivity (Wildman–Crippen MR) is 124 cm³/mol. The van der Waals surface area contributed by atoms with Gasteiger partial charge in [-0.25, -0.2) is 4.79 Å². The lowest BCUT2D eigenvalue weighted by Crippen LogP contribution is -2.42. The third-order valence-electron chi connectivity index (χ3n) is 6.36. The number of hydrogen-bond donors (Lipinski definition) is 2. The molecule has 4 rings (SSSR count). The number of carboxylic acid groups (broad SMARTS) is 1. The van der Waals surface area contributed by atoms with Gasteiger partial charge in [0.1, 0.15) is 6.61 Å². The Balaban J connectivity index is 1.32. The molecular weight excluding hydrogens is 420 g/mol. The highest BCUT2D eigenvalue weighted by molar-refractivity contribution is 5.80. The molecule has 0 heterocycles. The monoisotopic (exact) mass is 448 g/mol. The van der Waals surface area contributed by atoms with Gasteiger partial charge < -0.3 is 20.1 Å². The first-order valence-corrected chi connectivity index (χ1v) is 11.2. The minimum atomic E-state index is -0.937. The molecule has 0 radical (unpaired) electrons. The molecule has 2 aromatic rings. The van der Waals surface area contributed by atoms with Crippen LogP contribution in [0.3, 0.4) is 0 Å². The maximum atomic E-state index is 12.6. The molecule has 0 bridgehead atoms. The molecule has 0 saturated carbocycles. The number of hydrogen-bond acceptors (Lipinski definition) is 4. The number of carbonyl (C=O) groups is 3. The average molecular weight is 449 g/mol. The number of ether oxygens (including phenoxy) is 1. The summed E-state index contributed by atoms with van der Waals surface area (Å²) >= 11 is 0. The molecule has 2 aliphatic rings. The standard InChI is InChI=1S/C26H28N2O5/c1-28(14-13-24(29)30)25(31)17-7-6-8-18(15-17)27-26(32)33-16-23-21-11-4-2-9-19(21)20-10-3-5-12-22(20)23/h2-6,8-12,17-18,23H,7,13-16H2,1H3,(H,27,32)(H,29,30). The van der Waals surface area contributed by atoms with Gasteiger partial charge in [-0.3, -0.25) is 9.59 Å². The van der Waals surface area contributed by atoms with E-state index in [0.717, 1.165) is 11.1 Å². The molecule has 2 aromatic carbocycles. The zero-order chi connectivity index (χ0) is 23.4. The van der Waals surface area contributed by atoms with E-state index in [1.807, 2.05) is 36.4 Å².